The number of para-hydroxylation sites is 1. The molecule has 3 aliphatic carbocycles. The molecule has 4 aliphatic rings. The molecule has 4 heteroatoms. The molecule has 0 aromatic heterocycles. The molecule has 0 saturated carbocycles. The summed E-state index contributed by atoms with van der Waals surface area (Å²) >= 11 is 0. The molecule has 4 aromatic rings. The van der Waals surface area contributed by atoms with E-state index >= 15 is 0 Å². The van der Waals surface area contributed by atoms with Gasteiger partial charge in [0.1, 0.15) is 11.5 Å². The Kier molecular flexibility index (Phi) is 4.35. The number of hydrogen-bond acceptors (Lipinski definition) is 3. The van der Waals surface area contributed by atoms with Gasteiger partial charge >= 0.3 is 0 Å². The van der Waals surface area contributed by atoms with E-state index in [1.807, 2.05) is 86.6 Å². The maximum absolute atomic E-state index is 14.2. The van der Waals surface area contributed by atoms with Gasteiger partial charge in [0.25, 0.3) is 0 Å². The third-order valence-electron chi connectivity index (χ3n) is 8.43. The summed E-state index contributed by atoms with van der Waals surface area (Å²) < 4.78 is 6.04. The van der Waals surface area contributed by atoms with Crippen LogP contribution in [0.1, 0.15) is 46.6 Å². The summed E-state index contributed by atoms with van der Waals surface area (Å²) in [4.78, 5) is 29.7. The molecular weight excluding hydrogens is 446 g/mol. The van der Waals surface area contributed by atoms with Crippen molar-refractivity contribution in [3.8, 4) is 11.5 Å². The summed E-state index contributed by atoms with van der Waals surface area (Å²) in [5.74, 6) is 0.503. The lowest BCUT2D eigenvalue weighted by Gasteiger charge is -2.51. The maximum Gasteiger partial charge on any atom is 0.241 e. The first-order chi connectivity index (χ1) is 17.5. The standard InChI is InChI=1S/C32H25NO3/c1-19-9-3-8-14-26(19)36-21-17-15-20(16-18-21)33-30(34)29-27-22-10-4-6-12-24(22)28(32(29,2)31(33)35)25-13-7-5-11-23(25)27/h3-18,27-29H,1-2H3/t27?,28?,29-,32-/m1/s1. The molecule has 4 aromatic carbocycles. The van der Waals surface area contributed by atoms with Gasteiger partial charge in [-0.05, 0) is 72.0 Å². The van der Waals surface area contributed by atoms with E-state index in [1.165, 1.54) is 27.2 Å². The van der Waals surface area contributed by atoms with Crippen LogP contribution >= 0.6 is 0 Å². The summed E-state index contributed by atoms with van der Waals surface area (Å²) in [6, 6.07) is 31.7. The average molecular weight is 472 g/mol. The van der Waals surface area contributed by atoms with Crippen LogP contribution in [0.3, 0.4) is 0 Å². The maximum atomic E-state index is 14.2. The van der Waals surface area contributed by atoms with Crippen molar-refractivity contribution in [3.05, 3.63) is 125 Å². The second-order valence-corrected chi connectivity index (χ2v) is 10.3. The van der Waals surface area contributed by atoms with Crippen molar-refractivity contribution in [2.24, 2.45) is 11.3 Å². The fourth-order valence-corrected chi connectivity index (χ4v) is 6.82. The Morgan fingerprint density at radius 2 is 1.28 bits per heavy atom. The number of ether oxygens (including phenoxy) is 1. The van der Waals surface area contributed by atoms with Crippen LogP contribution in [0, 0.1) is 18.3 Å². The van der Waals surface area contributed by atoms with Gasteiger partial charge in [-0.1, -0.05) is 66.7 Å². The largest absolute Gasteiger partial charge is 0.457 e. The zero-order valence-corrected chi connectivity index (χ0v) is 20.1. The number of carbonyl (C=O) groups excluding carboxylic acids is 2. The van der Waals surface area contributed by atoms with E-state index in [-0.39, 0.29) is 23.7 Å². The number of nitrogens with zero attached hydrogens (tertiary/aromatic N) is 1. The molecule has 176 valence electrons. The quantitative estimate of drug-likeness (QED) is 0.317. The molecule has 2 bridgehead atoms. The van der Waals surface area contributed by atoms with Crippen LogP contribution < -0.4 is 9.64 Å². The Morgan fingerprint density at radius 3 is 1.89 bits per heavy atom. The molecular formula is C32H25NO3. The summed E-state index contributed by atoms with van der Waals surface area (Å²) in [5.41, 5.74) is 5.49. The Morgan fingerprint density at radius 1 is 0.722 bits per heavy atom. The Labute approximate surface area is 210 Å². The third kappa shape index (κ3) is 2.64. The summed E-state index contributed by atoms with van der Waals surface area (Å²) in [5, 5.41) is 0. The number of imide groups is 1. The van der Waals surface area contributed by atoms with Crippen LogP contribution in [-0.2, 0) is 9.59 Å². The molecule has 8 rings (SSSR count). The number of rotatable bonds is 3. The zero-order valence-electron chi connectivity index (χ0n) is 20.1. The van der Waals surface area contributed by atoms with E-state index in [9.17, 15) is 9.59 Å². The molecule has 0 unspecified atom stereocenters. The molecule has 36 heavy (non-hydrogen) atoms. The molecule has 1 saturated heterocycles. The summed E-state index contributed by atoms with van der Waals surface area (Å²) in [6.07, 6.45) is 0. The predicted molar refractivity (Wildman–Crippen MR) is 138 cm³/mol. The molecule has 1 aliphatic heterocycles. The second-order valence-electron chi connectivity index (χ2n) is 10.3. The van der Waals surface area contributed by atoms with Crippen molar-refractivity contribution in [1.82, 2.24) is 0 Å². The van der Waals surface area contributed by atoms with Crippen LogP contribution in [0.5, 0.6) is 11.5 Å². The molecule has 4 nitrogen and oxygen atoms in total. The first-order valence-electron chi connectivity index (χ1n) is 12.4. The summed E-state index contributed by atoms with van der Waals surface area (Å²) in [7, 11) is 0. The fourth-order valence-electron chi connectivity index (χ4n) is 6.82. The molecule has 0 radical (unpaired) electrons. The van der Waals surface area contributed by atoms with E-state index in [4.69, 9.17) is 4.74 Å². The van der Waals surface area contributed by atoms with Crippen LogP contribution in [-0.4, -0.2) is 11.8 Å². The smallest absolute Gasteiger partial charge is 0.241 e. The number of benzene rings is 4. The molecule has 0 spiro atoms. The second kappa shape index (κ2) is 7.41. The van der Waals surface area contributed by atoms with Crippen LogP contribution in [0.2, 0.25) is 0 Å². The summed E-state index contributed by atoms with van der Waals surface area (Å²) in [6.45, 7) is 4.00. The predicted octanol–water partition coefficient (Wildman–Crippen LogP) is 6.57. The molecule has 2 atom stereocenters. The highest BCUT2D eigenvalue weighted by Gasteiger charge is 2.68. The van der Waals surface area contributed by atoms with Gasteiger partial charge in [0.2, 0.25) is 11.8 Å². The molecule has 0 N–H and O–H groups in total. The Bertz CT molecular complexity index is 1510. The van der Waals surface area contributed by atoms with Crippen LogP contribution in [0.4, 0.5) is 5.69 Å². The van der Waals surface area contributed by atoms with E-state index in [0.29, 0.717) is 11.4 Å². The van der Waals surface area contributed by atoms with Crippen molar-refractivity contribution >= 4 is 17.5 Å². The van der Waals surface area contributed by atoms with E-state index in [0.717, 1.165) is 11.3 Å². The van der Waals surface area contributed by atoms with Crippen molar-refractivity contribution in [1.29, 1.82) is 0 Å². The van der Waals surface area contributed by atoms with Gasteiger partial charge in [0.05, 0.1) is 17.0 Å². The Balaban J connectivity index is 1.30. The van der Waals surface area contributed by atoms with Gasteiger partial charge in [-0.2, -0.15) is 0 Å². The monoisotopic (exact) mass is 471 g/mol. The highest BCUT2D eigenvalue weighted by atomic mass is 16.5. The molecule has 1 heterocycles. The van der Waals surface area contributed by atoms with Crippen molar-refractivity contribution in [2.75, 3.05) is 4.90 Å². The van der Waals surface area contributed by atoms with Crippen LogP contribution in [0.15, 0.2) is 97.1 Å². The van der Waals surface area contributed by atoms with Crippen molar-refractivity contribution in [2.45, 2.75) is 25.7 Å². The lowest BCUT2D eigenvalue weighted by atomic mass is 9.48. The minimum absolute atomic E-state index is 0.117. The minimum atomic E-state index is -0.833. The SMILES string of the molecule is Cc1ccccc1Oc1ccc(N2C(=O)[C@H]3C4c5ccccc5C(c5ccccc54)[C@@]3(C)C2=O)cc1. The van der Waals surface area contributed by atoms with Gasteiger partial charge in [-0.3, -0.25) is 9.59 Å². The van der Waals surface area contributed by atoms with E-state index < -0.39 is 11.3 Å². The molecule has 2 amide bonds. The van der Waals surface area contributed by atoms with Gasteiger partial charge < -0.3 is 4.74 Å². The average Bonchev–Trinajstić information content (AvgIpc) is 3.11. The van der Waals surface area contributed by atoms with Gasteiger partial charge in [0.15, 0.2) is 0 Å². The highest BCUT2D eigenvalue weighted by molar-refractivity contribution is 6.25. The number of amides is 2. The first-order valence-corrected chi connectivity index (χ1v) is 12.4. The van der Waals surface area contributed by atoms with E-state index in [2.05, 4.69) is 24.3 Å². The molecule has 1 fully saturated rings. The topological polar surface area (TPSA) is 46.6 Å². The van der Waals surface area contributed by atoms with Crippen molar-refractivity contribution < 1.29 is 14.3 Å². The third-order valence-corrected chi connectivity index (χ3v) is 8.43. The van der Waals surface area contributed by atoms with Gasteiger partial charge in [-0.15, -0.1) is 0 Å². The number of aryl methyl sites for hydroxylation is 1. The Hall–Kier alpha value is -4.18. The van der Waals surface area contributed by atoms with Gasteiger partial charge in [0, 0.05) is 11.8 Å². The normalized spacial score (nSPS) is 25.4. The number of hydrogen-bond donors (Lipinski definition) is 0. The lowest BCUT2D eigenvalue weighted by Crippen LogP contribution is -2.49. The number of anilines is 1. The first kappa shape index (κ1) is 21.1. The van der Waals surface area contributed by atoms with Gasteiger partial charge in [-0.25, -0.2) is 4.90 Å². The lowest BCUT2D eigenvalue weighted by molar-refractivity contribution is -0.128. The van der Waals surface area contributed by atoms with E-state index in [1.54, 1.807) is 0 Å². The zero-order chi connectivity index (χ0) is 24.6. The minimum Gasteiger partial charge on any atom is -0.457 e. The fraction of sp³-hybridized carbons (Fsp3) is 0.188. The number of carbonyl (C=O) groups is 2. The van der Waals surface area contributed by atoms with Crippen molar-refractivity contribution in [3.63, 3.8) is 0 Å². The highest BCUT2D eigenvalue weighted by Crippen LogP contribution is 2.67. The van der Waals surface area contributed by atoms with Crippen LogP contribution in [0.25, 0.3) is 0 Å².